The molecule has 0 radical (unpaired) electrons. The summed E-state index contributed by atoms with van der Waals surface area (Å²) in [5.41, 5.74) is 4.82. The number of nitrogens with two attached hydrogens (primary N) is 1. The standard InChI is InChI=1S/C4H2Cl3N3O2/c5-4(6,7)3-9-2(1(8)11)10-12-3/h(H2,8,11). The van der Waals surface area contributed by atoms with Crippen LogP contribution in [0.25, 0.3) is 0 Å². The van der Waals surface area contributed by atoms with Crippen LogP contribution in [0.5, 0.6) is 0 Å². The molecular formula is C4H2Cl3N3O2. The molecule has 5 nitrogen and oxygen atoms in total. The zero-order valence-corrected chi connectivity index (χ0v) is 7.69. The molecule has 0 aliphatic heterocycles. The van der Waals surface area contributed by atoms with Crippen molar-refractivity contribution >= 4 is 40.7 Å². The van der Waals surface area contributed by atoms with E-state index in [0.29, 0.717) is 0 Å². The number of alkyl halides is 3. The van der Waals surface area contributed by atoms with Crippen LogP contribution in [-0.2, 0) is 3.79 Å². The van der Waals surface area contributed by atoms with Gasteiger partial charge in [-0.25, -0.2) is 0 Å². The molecule has 0 aliphatic rings. The predicted octanol–water partition coefficient (Wildman–Crippen LogP) is 0.995. The van der Waals surface area contributed by atoms with E-state index >= 15 is 0 Å². The van der Waals surface area contributed by atoms with Gasteiger partial charge < -0.3 is 10.3 Å². The van der Waals surface area contributed by atoms with Gasteiger partial charge in [0.2, 0.25) is 0 Å². The minimum Gasteiger partial charge on any atom is -0.363 e. The number of nitrogens with zero attached hydrogens (tertiary/aromatic N) is 2. The Balaban J connectivity index is 3.00. The number of hydrogen-bond acceptors (Lipinski definition) is 4. The van der Waals surface area contributed by atoms with Crippen LogP contribution in [-0.4, -0.2) is 16.0 Å². The van der Waals surface area contributed by atoms with Crippen LogP contribution in [0.2, 0.25) is 0 Å². The number of primary amides is 1. The second-order valence-electron chi connectivity index (χ2n) is 1.79. The van der Waals surface area contributed by atoms with E-state index in [0.717, 1.165) is 0 Å². The minimum absolute atomic E-state index is 0.290. The second-order valence-corrected chi connectivity index (χ2v) is 4.07. The van der Waals surface area contributed by atoms with Crippen molar-refractivity contribution in [3.05, 3.63) is 11.7 Å². The maximum absolute atomic E-state index is 10.4. The summed E-state index contributed by atoms with van der Waals surface area (Å²) < 4.78 is 2.60. The van der Waals surface area contributed by atoms with Crippen molar-refractivity contribution in [2.75, 3.05) is 0 Å². The summed E-state index contributed by atoms with van der Waals surface area (Å²) in [5, 5.41) is 3.17. The Labute approximate surface area is 81.8 Å². The Kier molecular flexibility index (Phi) is 2.46. The first-order chi connectivity index (χ1) is 5.41. The van der Waals surface area contributed by atoms with Gasteiger partial charge in [-0.3, -0.25) is 4.79 Å². The van der Waals surface area contributed by atoms with Crippen LogP contribution in [0.15, 0.2) is 4.52 Å². The normalized spacial score (nSPS) is 11.6. The number of carbonyl (C=O) groups excluding carboxylic acids is 1. The summed E-state index contributed by atoms with van der Waals surface area (Å²) in [6.07, 6.45) is 0. The Morgan fingerprint density at radius 2 is 2.08 bits per heavy atom. The van der Waals surface area contributed by atoms with Gasteiger partial charge >= 0.3 is 0 Å². The molecule has 12 heavy (non-hydrogen) atoms. The minimum atomic E-state index is -1.83. The largest absolute Gasteiger partial charge is 0.363 e. The van der Waals surface area contributed by atoms with E-state index in [9.17, 15) is 4.79 Å². The molecule has 0 aromatic carbocycles. The first-order valence-corrected chi connectivity index (χ1v) is 3.75. The van der Waals surface area contributed by atoms with E-state index in [1.54, 1.807) is 0 Å². The molecule has 0 aliphatic carbocycles. The molecule has 0 saturated heterocycles. The zero-order chi connectivity index (χ0) is 9.35. The van der Waals surface area contributed by atoms with Crippen LogP contribution >= 0.6 is 34.8 Å². The van der Waals surface area contributed by atoms with Crippen molar-refractivity contribution in [1.82, 2.24) is 10.1 Å². The lowest BCUT2D eigenvalue weighted by Gasteiger charge is -2.00. The fourth-order valence-corrected chi connectivity index (χ4v) is 0.669. The zero-order valence-electron chi connectivity index (χ0n) is 5.42. The highest BCUT2D eigenvalue weighted by molar-refractivity contribution is 6.66. The van der Waals surface area contributed by atoms with Gasteiger partial charge in [0.05, 0.1) is 0 Å². The fraction of sp³-hybridized carbons (Fsp3) is 0.250. The van der Waals surface area contributed by atoms with E-state index in [-0.39, 0.29) is 11.7 Å². The van der Waals surface area contributed by atoms with Crippen molar-refractivity contribution in [2.24, 2.45) is 5.73 Å². The van der Waals surface area contributed by atoms with Gasteiger partial charge in [-0.05, 0) is 0 Å². The third kappa shape index (κ3) is 2.00. The maximum atomic E-state index is 10.4. The SMILES string of the molecule is NC(=O)c1noc(C(Cl)(Cl)Cl)n1. The number of aromatic nitrogens is 2. The quantitative estimate of drug-likeness (QED) is 0.730. The molecule has 0 atom stereocenters. The van der Waals surface area contributed by atoms with E-state index in [4.69, 9.17) is 40.5 Å². The van der Waals surface area contributed by atoms with Gasteiger partial charge in [0.25, 0.3) is 21.4 Å². The molecule has 1 aromatic heterocycles. The Morgan fingerprint density at radius 1 is 1.50 bits per heavy atom. The molecule has 1 heterocycles. The molecule has 1 amide bonds. The molecular weight excluding hydrogens is 228 g/mol. The van der Waals surface area contributed by atoms with Crippen LogP contribution in [0.1, 0.15) is 16.5 Å². The highest BCUT2D eigenvalue weighted by Gasteiger charge is 2.31. The van der Waals surface area contributed by atoms with Gasteiger partial charge in [0.15, 0.2) is 0 Å². The number of amides is 1. The Hall–Kier alpha value is -0.520. The molecule has 66 valence electrons. The lowest BCUT2D eigenvalue weighted by atomic mass is 10.6. The van der Waals surface area contributed by atoms with Crippen LogP contribution in [0, 0.1) is 0 Å². The molecule has 0 unspecified atom stereocenters. The van der Waals surface area contributed by atoms with Gasteiger partial charge in [0.1, 0.15) is 0 Å². The molecule has 2 N–H and O–H groups in total. The van der Waals surface area contributed by atoms with Crippen molar-refractivity contribution in [3.8, 4) is 0 Å². The summed E-state index contributed by atoms with van der Waals surface area (Å²) in [6.45, 7) is 0. The Bertz CT molecular complexity index is 305. The lowest BCUT2D eigenvalue weighted by molar-refractivity contribution is 0.0987. The number of halogens is 3. The van der Waals surface area contributed by atoms with E-state index in [1.807, 2.05) is 0 Å². The molecule has 8 heteroatoms. The Morgan fingerprint density at radius 3 is 2.33 bits per heavy atom. The molecule has 1 rings (SSSR count). The summed E-state index contributed by atoms with van der Waals surface area (Å²) in [6, 6.07) is 0. The fourth-order valence-electron chi connectivity index (χ4n) is 0.439. The topological polar surface area (TPSA) is 82.0 Å². The van der Waals surface area contributed by atoms with Gasteiger partial charge in [-0.2, -0.15) is 4.98 Å². The maximum Gasteiger partial charge on any atom is 0.290 e. The smallest absolute Gasteiger partial charge is 0.290 e. The summed E-state index contributed by atoms with van der Waals surface area (Å²) in [5.74, 6) is -1.46. The van der Waals surface area contributed by atoms with Gasteiger partial charge in [0, 0.05) is 0 Å². The van der Waals surface area contributed by atoms with Gasteiger partial charge in [-0.1, -0.05) is 40.0 Å². The predicted molar refractivity (Wildman–Crippen MR) is 42.1 cm³/mol. The van der Waals surface area contributed by atoms with E-state index in [1.165, 1.54) is 0 Å². The van der Waals surface area contributed by atoms with Crippen LogP contribution in [0.3, 0.4) is 0 Å². The summed E-state index contributed by atoms with van der Waals surface area (Å²) in [7, 11) is 0. The van der Waals surface area contributed by atoms with E-state index in [2.05, 4.69) is 14.7 Å². The third-order valence-corrected chi connectivity index (χ3v) is 1.37. The highest BCUT2D eigenvalue weighted by atomic mass is 35.6. The molecule has 0 fully saturated rings. The van der Waals surface area contributed by atoms with Crippen LogP contribution < -0.4 is 5.73 Å². The van der Waals surface area contributed by atoms with Crippen molar-refractivity contribution in [1.29, 1.82) is 0 Å². The van der Waals surface area contributed by atoms with Crippen molar-refractivity contribution in [2.45, 2.75) is 3.79 Å². The number of carbonyl (C=O) groups is 1. The van der Waals surface area contributed by atoms with Crippen molar-refractivity contribution in [3.63, 3.8) is 0 Å². The van der Waals surface area contributed by atoms with E-state index < -0.39 is 9.70 Å². The first-order valence-electron chi connectivity index (χ1n) is 2.62. The average molecular weight is 230 g/mol. The third-order valence-electron chi connectivity index (χ3n) is 0.889. The summed E-state index contributed by atoms with van der Waals surface area (Å²) in [4.78, 5) is 13.9. The molecule has 0 spiro atoms. The first kappa shape index (κ1) is 9.57. The highest BCUT2D eigenvalue weighted by Crippen LogP contribution is 2.36. The average Bonchev–Trinajstić information content (AvgIpc) is 2.30. The molecule has 0 bridgehead atoms. The molecule has 1 aromatic rings. The van der Waals surface area contributed by atoms with Crippen LogP contribution in [0.4, 0.5) is 0 Å². The van der Waals surface area contributed by atoms with Crippen molar-refractivity contribution < 1.29 is 9.32 Å². The number of rotatable bonds is 1. The second kappa shape index (κ2) is 3.08. The number of hydrogen-bond donors (Lipinski definition) is 1. The van der Waals surface area contributed by atoms with Gasteiger partial charge in [-0.15, -0.1) is 0 Å². The molecule has 0 saturated carbocycles. The monoisotopic (exact) mass is 229 g/mol. The lowest BCUT2D eigenvalue weighted by Crippen LogP contribution is -2.13. The summed E-state index contributed by atoms with van der Waals surface area (Å²) >= 11 is 16.1.